The third-order valence-corrected chi connectivity index (χ3v) is 7.13. The minimum absolute atomic E-state index is 0.152. The standard InChI is InChI=1S/C21H26F3N3O5S/c1-20(2)18(28)25-19(29)27(20)10-4-3-5-11-33(30,31)26-21(8-9-21)14-6-7-15(22)16(12-14)32-13-17(23)24/h3-4,6-7,12,17,26H,5,8-11,13H2,1-2H3,(H,25,28,29)/b4-3+. The maximum absolute atomic E-state index is 13.8. The molecular weight excluding hydrogens is 463 g/mol. The fourth-order valence-corrected chi connectivity index (χ4v) is 4.98. The summed E-state index contributed by atoms with van der Waals surface area (Å²) in [7, 11) is -3.72. The Hall–Kier alpha value is -2.60. The Labute approximate surface area is 190 Å². The molecule has 8 nitrogen and oxygen atoms in total. The second-order valence-corrected chi connectivity index (χ2v) is 10.4. The molecule has 0 aromatic heterocycles. The third kappa shape index (κ3) is 5.85. The van der Waals surface area contributed by atoms with E-state index in [1.54, 1.807) is 26.0 Å². The van der Waals surface area contributed by atoms with E-state index in [-0.39, 0.29) is 24.5 Å². The average Bonchev–Trinajstić information content (AvgIpc) is 3.45. The van der Waals surface area contributed by atoms with Crippen LogP contribution in [0.1, 0.15) is 38.7 Å². The number of carbonyl (C=O) groups excluding carboxylic acids is 2. The van der Waals surface area contributed by atoms with Crippen LogP contribution >= 0.6 is 0 Å². The molecule has 3 rings (SSSR count). The molecule has 33 heavy (non-hydrogen) atoms. The molecule has 182 valence electrons. The summed E-state index contributed by atoms with van der Waals surface area (Å²) in [6, 6.07) is 3.21. The number of ether oxygens (including phenoxy) is 1. The molecule has 2 aliphatic rings. The van der Waals surface area contributed by atoms with Crippen molar-refractivity contribution in [1.82, 2.24) is 14.9 Å². The van der Waals surface area contributed by atoms with Crippen molar-refractivity contribution in [2.24, 2.45) is 0 Å². The largest absolute Gasteiger partial charge is 0.485 e. The van der Waals surface area contributed by atoms with E-state index in [0.717, 1.165) is 6.07 Å². The van der Waals surface area contributed by atoms with Crippen LogP contribution in [0.4, 0.5) is 18.0 Å². The van der Waals surface area contributed by atoms with Crippen LogP contribution in [0.25, 0.3) is 0 Å². The summed E-state index contributed by atoms with van der Waals surface area (Å²) >= 11 is 0. The van der Waals surface area contributed by atoms with E-state index in [9.17, 15) is 31.2 Å². The first-order chi connectivity index (χ1) is 15.4. The topological polar surface area (TPSA) is 105 Å². The molecule has 1 saturated heterocycles. The van der Waals surface area contributed by atoms with Crippen molar-refractivity contribution in [3.8, 4) is 5.75 Å². The van der Waals surface area contributed by atoms with Crippen LogP contribution in [0.5, 0.6) is 5.75 Å². The molecular formula is C21H26F3N3O5S. The number of sulfonamides is 1. The zero-order valence-electron chi connectivity index (χ0n) is 18.2. The summed E-state index contributed by atoms with van der Waals surface area (Å²) < 4.78 is 71.2. The van der Waals surface area contributed by atoms with Gasteiger partial charge in [-0.2, -0.15) is 0 Å². The Balaban J connectivity index is 1.56. The molecule has 0 bridgehead atoms. The fourth-order valence-electron chi connectivity index (χ4n) is 3.51. The number of carbonyl (C=O) groups is 2. The van der Waals surface area contributed by atoms with Crippen LogP contribution in [0.3, 0.4) is 0 Å². The Bertz CT molecular complexity index is 1060. The highest BCUT2D eigenvalue weighted by Gasteiger charge is 2.47. The van der Waals surface area contributed by atoms with Gasteiger partial charge in [-0.1, -0.05) is 18.2 Å². The molecule has 1 aliphatic heterocycles. The lowest BCUT2D eigenvalue weighted by atomic mass is 10.0. The van der Waals surface area contributed by atoms with Crippen LogP contribution in [0.15, 0.2) is 30.4 Å². The molecule has 0 radical (unpaired) electrons. The number of halogens is 3. The van der Waals surface area contributed by atoms with Gasteiger partial charge in [0.25, 0.3) is 12.3 Å². The Kier molecular flexibility index (Phi) is 7.08. The number of nitrogens with zero attached hydrogens (tertiary/aromatic N) is 1. The van der Waals surface area contributed by atoms with Crippen molar-refractivity contribution in [3.63, 3.8) is 0 Å². The molecule has 1 saturated carbocycles. The predicted octanol–water partition coefficient (Wildman–Crippen LogP) is 2.65. The molecule has 1 aromatic carbocycles. The van der Waals surface area contributed by atoms with Gasteiger partial charge in [0.15, 0.2) is 11.6 Å². The maximum Gasteiger partial charge on any atom is 0.325 e. The smallest absolute Gasteiger partial charge is 0.325 e. The van der Waals surface area contributed by atoms with E-state index in [2.05, 4.69) is 10.0 Å². The minimum atomic E-state index is -3.72. The SMILES string of the molecule is CC1(C)C(=O)NC(=O)N1C/C=C/CCS(=O)(=O)NC1(c2ccc(F)c(OCC(F)F)c2)CC1. The number of urea groups is 1. The number of alkyl halides is 2. The van der Waals surface area contributed by atoms with Gasteiger partial charge in [0, 0.05) is 6.54 Å². The van der Waals surface area contributed by atoms with Crippen LogP contribution in [0.2, 0.25) is 0 Å². The molecule has 2 N–H and O–H groups in total. The van der Waals surface area contributed by atoms with E-state index >= 15 is 0 Å². The van der Waals surface area contributed by atoms with Gasteiger partial charge in [-0.15, -0.1) is 0 Å². The lowest BCUT2D eigenvalue weighted by Gasteiger charge is -2.26. The van der Waals surface area contributed by atoms with Gasteiger partial charge in [0.1, 0.15) is 12.1 Å². The molecule has 1 heterocycles. The normalized spacial score (nSPS) is 19.4. The summed E-state index contributed by atoms with van der Waals surface area (Å²) in [6.45, 7) is 2.42. The van der Waals surface area contributed by atoms with E-state index in [1.807, 2.05) is 0 Å². The van der Waals surface area contributed by atoms with E-state index < -0.39 is 51.9 Å². The van der Waals surface area contributed by atoms with Crippen molar-refractivity contribution in [2.45, 2.75) is 50.6 Å². The molecule has 3 amide bonds. The predicted molar refractivity (Wildman–Crippen MR) is 114 cm³/mol. The van der Waals surface area contributed by atoms with Crippen LogP contribution in [0, 0.1) is 5.82 Å². The lowest BCUT2D eigenvalue weighted by molar-refractivity contribution is -0.124. The summed E-state index contributed by atoms with van der Waals surface area (Å²) in [6.07, 6.45) is 1.60. The number of nitrogens with one attached hydrogen (secondary N) is 2. The molecule has 0 unspecified atom stereocenters. The van der Waals surface area contributed by atoms with Gasteiger partial charge < -0.3 is 9.64 Å². The fraction of sp³-hybridized carbons (Fsp3) is 0.524. The van der Waals surface area contributed by atoms with Gasteiger partial charge in [-0.3, -0.25) is 10.1 Å². The second-order valence-electron chi connectivity index (χ2n) is 8.54. The van der Waals surface area contributed by atoms with Crippen molar-refractivity contribution in [1.29, 1.82) is 0 Å². The van der Waals surface area contributed by atoms with E-state index in [4.69, 9.17) is 4.74 Å². The van der Waals surface area contributed by atoms with Gasteiger partial charge in [-0.05, 0) is 50.8 Å². The summed E-state index contributed by atoms with van der Waals surface area (Å²) in [5.41, 5.74) is -1.46. The third-order valence-electron chi connectivity index (χ3n) is 5.65. The highest BCUT2D eigenvalue weighted by Crippen LogP contribution is 2.47. The number of rotatable bonds is 11. The molecule has 1 aliphatic carbocycles. The number of benzene rings is 1. The summed E-state index contributed by atoms with van der Waals surface area (Å²) in [4.78, 5) is 24.9. The molecule has 0 spiro atoms. The monoisotopic (exact) mass is 489 g/mol. The number of amides is 3. The van der Waals surface area contributed by atoms with E-state index in [0.29, 0.717) is 18.4 Å². The highest BCUT2D eigenvalue weighted by atomic mass is 32.2. The quantitative estimate of drug-likeness (QED) is 0.367. The second kappa shape index (κ2) is 9.34. The first kappa shape index (κ1) is 25.0. The lowest BCUT2D eigenvalue weighted by Crippen LogP contribution is -2.44. The van der Waals surface area contributed by atoms with Gasteiger partial charge >= 0.3 is 6.03 Å². The highest BCUT2D eigenvalue weighted by molar-refractivity contribution is 7.89. The molecule has 0 atom stereocenters. The van der Waals surface area contributed by atoms with Crippen LogP contribution in [-0.2, 0) is 20.4 Å². The zero-order chi connectivity index (χ0) is 24.4. The number of hydrogen-bond acceptors (Lipinski definition) is 5. The van der Waals surface area contributed by atoms with Crippen LogP contribution in [-0.4, -0.2) is 56.1 Å². The first-order valence-corrected chi connectivity index (χ1v) is 12.0. The molecule has 2 fully saturated rings. The first-order valence-electron chi connectivity index (χ1n) is 10.4. The number of allylic oxidation sites excluding steroid dienone is 1. The average molecular weight is 490 g/mol. The van der Waals surface area contributed by atoms with Crippen molar-refractivity contribution in [3.05, 3.63) is 41.7 Å². The van der Waals surface area contributed by atoms with Gasteiger partial charge in [0.05, 0.1) is 11.3 Å². The summed E-state index contributed by atoms with van der Waals surface area (Å²) in [5, 5.41) is 2.23. The molecule has 12 heteroatoms. The Morgan fingerprint density at radius 1 is 1.24 bits per heavy atom. The van der Waals surface area contributed by atoms with E-state index in [1.165, 1.54) is 17.0 Å². The van der Waals surface area contributed by atoms with Crippen molar-refractivity contribution >= 4 is 22.0 Å². The number of imide groups is 1. The maximum atomic E-state index is 13.8. The van der Waals surface area contributed by atoms with Crippen molar-refractivity contribution in [2.75, 3.05) is 18.9 Å². The van der Waals surface area contributed by atoms with Gasteiger partial charge in [0.2, 0.25) is 10.0 Å². The summed E-state index contributed by atoms with van der Waals surface area (Å²) in [5.74, 6) is -1.78. The molecule has 1 aromatic rings. The zero-order valence-corrected chi connectivity index (χ0v) is 19.1. The van der Waals surface area contributed by atoms with Crippen molar-refractivity contribution < 1.29 is 35.9 Å². The van der Waals surface area contributed by atoms with Gasteiger partial charge in [-0.25, -0.2) is 31.1 Å². The number of hydrogen-bond donors (Lipinski definition) is 2. The Morgan fingerprint density at radius 3 is 2.52 bits per heavy atom. The minimum Gasteiger partial charge on any atom is -0.485 e. The van der Waals surface area contributed by atoms with Crippen LogP contribution < -0.4 is 14.8 Å². The Morgan fingerprint density at radius 2 is 1.94 bits per heavy atom.